The Morgan fingerprint density at radius 1 is 1.32 bits per heavy atom. The molecule has 1 aromatic carbocycles. The van der Waals surface area contributed by atoms with Gasteiger partial charge in [0.1, 0.15) is 6.10 Å². The summed E-state index contributed by atoms with van der Waals surface area (Å²) in [5.74, 6) is 0.158. The molecule has 1 atom stereocenters. The maximum absolute atomic E-state index is 11.5. The molecule has 0 saturated heterocycles. The van der Waals surface area contributed by atoms with E-state index < -0.39 is 0 Å². The Bertz CT molecular complexity index is 409. The number of carbonyl (C=O) groups excluding carboxylic acids is 1. The van der Waals surface area contributed by atoms with Gasteiger partial charge in [-0.2, -0.15) is 0 Å². The van der Waals surface area contributed by atoms with E-state index in [2.05, 4.69) is 36.5 Å². The first-order valence-corrected chi connectivity index (χ1v) is 7.18. The molecular weight excluding hydrogens is 238 g/mol. The fourth-order valence-electron chi connectivity index (χ4n) is 1.97. The second kappa shape index (κ2) is 6.71. The summed E-state index contributed by atoms with van der Waals surface area (Å²) in [7, 11) is 0. The molecular formula is C16H23NO2. The van der Waals surface area contributed by atoms with Crippen LogP contribution in [0.1, 0.15) is 37.8 Å². The van der Waals surface area contributed by atoms with Crippen molar-refractivity contribution in [3.63, 3.8) is 0 Å². The molecule has 0 bridgehead atoms. The van der Waals surface area contributed by atoms with Crippen LogP contribution in [0.2, 0.25) is 0 Å². The molecule has 3 nitrogen and oxygen atoms in total. The van der Waals surface area contributed by atoms with Gasteiger partial charge in [-0.25, -0.2) is 0 Å². The zero-order valence-corrected chi connectivity index (χ0v) is 11.8. The maximum Gasteiger partial charge on any atom is 0.309 e. The molecule has 104 valence electrons. The van der Waals surface area contributed by atoms with Gasteiger partial charge in [-0.15, -0.1) is 0 Å². The Labute approximate surface area is 115 Å². The van der Waals surface area contributed by atoms with Crippen molar-refractivity contribution >= 4 is 5.97 Å². The average molecular weight is 261 g/mol. The smallest absolute Gasteiger partial charge is 0.309 e. The van der Waals surface area contributed by atoms with Crippen molar-refractivity contribution in [3.8, 4) is 0 Å². The van der Waals surface area contributed by atoms with E-state index in [1.54, 1.807) is 0 Å². The van der Waals surface area contributed by atoms with Crippen molar-refractivity contribution in [3.05, 3.63) is 35.4 Å². The summed E-state index contributed by atoms with van der Waals surface area (Å²) >= 11 is 0. The summed E-state index contributed by atoms with van der Waals surface area (Å²) in [5, 5.41) is 3.33. The van der Waals surface area contributed by atoms with Gasteiger partial charge in [-0.3, -0.25) is 4.79 Å². The fraction of sp³-hybridized carbons (Fsp3) is 0.562. The average Bonchev–Trinajstić information content (AvgIpc) is 3.24. The van der Waals surface area contributed by atoms with Crippen LogP contribution in [0.15, 0.2) is 24.3 Å². The van der Waals surface area contributed by atoms with Gasteiger partial charge in [0.05, 0.1) is 5.92 Å². The first-order valence-electron chi connectivity index (χ1n) is 7.18. The summed E-state index contributed by atoms with van der Waals surface area (Å²) in [5.41, 5.74) is 2.62. The SMILES string of the molecule is CCc1ccc(CNCC(C)OC(=O)C2CC2)cc1. The third kappa shape index (κ3) is 4.67. The van der Waals surface area contributed by atoms with Crippen molar-refractivity contribution in [2.24, 2.45) is 5.92 Å². The van der Waals surface area contributed by atoms with Gasteiger partial charge in [0.2, 0.25) is 0 Å². The summed E-state index contributed by atoms with van der Waals surface area (Å²) in [6, 6.07) is 8.61. The molecule has 0 heterocycles. The third-order valence-electron chi connectivity index (χ3n) is 3.42. The van der Waals surface area contributed by atoms with Crippen molar-refractivity contribution in [1.82, 2.24) is 5.32 Å². The molecule has 1 N–H and O–H groups in total. The number of benzene rings is 1. The van der Waals surface area contributed by atoms with Crippen LogP contribution in [-0.2, 0) is 22.5 Å². The van der Waals surface area contributed by atoms with Gasteiger partial charge in [-0.1, -0.05) is 31.2 Å². The van der Waals surface area contributed by atoms with Gasteiger partial charge in [-0.05, 0) is 37.3 Å². The lowest BCUT2D eigenvalue weighted by Crippen LogP contribution is -2.29. The Morgan fingerprint density at radius 2 is 1.95 bits per heavy atom. The standard InChI is InChI=1S/C16H23NO2/c1-3-13-4-6-14(7-5-13)11-17-10-12(2)19-16(18)15-8-9-15/h4-7,12,15,17H,3,8-11H2,1-2H3. The highest BCUT2D eigenvalue weighted by molar-refractivity contribution is 5.75. The predicted molar refractivity (Wildman–Crippen MR) is 75.8 cm³/mol. The summed E-state index contributed by atoms with van der Waals surface area (Å²) in [6.45, 7) is 5.61. The zero-order chi connectivity index (χ0) is 13.7. The van der Waals surface area contributed by atoms with Gasteiger partial charge in [0, 0.05) is 13.1 Å². The number of esters is 1. The second-order valence-electron chi connectivity index (χ2n) is 5.32. The number of rotatable bonds is 7. The molecule has 1 aliphatic rings. The van der Waals surface area contributed by atoms with Crippen LogP contribution in [-0.4, -0.2) is 18.6 Å². The quantitative estimate of drug-likeness (QED) is 0.767. The molecule has 1 fully saturated rings. The molecule has 0 amide bonds. The minimum Gasteiger partial charge on any atom is -0.461 e. The van der Waals surface area contributed by atoms with Gasteiger partial charge < -0.3 is 10.1 Å². The lowest BCUT2D eigenvalue weighted by atomic mass is 10.1. The topological polar surface area (TPSA) is 38.3 Å². The molecule has 0 aliphatic heterocycles. The Balaban J connectivity index is 1.65. The molecule has 1 unspecified atom stereocenters. The fourth-order valence-corrected chi connectivity index (χ4v) is 1.97. The predicted octanol–water partition coefficient (Wildman–Crippen LogP) is 2.68. The molecule has 1 saturated carbocycles. The highest BCUT2D eigenvalue weighted by atomic mass is 16.5. The van der Waals surface area contributed by atoms with E-state index in [1.165, 1.54) is 11.1 Å². The highest BCUT2D eigenvalue weighted by Gasteiger charge is 2.32. The molecule has 0 spiro atoms. The van der Waals surface area contributed by atoms with Crippen LogP contribution in [0.3, 0.4) is 0 Å². The lowest BCUT2D eigenvalue weighted by molar-refractivity contribution is -0.149. The molecule has 1 aliphatic carbocycles. The van der Waals surface area contributed by atoms with Crippen LogP contribution in [0.5, 0.6) is 0 Å². The minimum absolute atomic E-state index is 0.0263. The van der Waals surface area contributed by atoms with Gasteiger partial charge in [0.25, 0.3) is 0 Å². The molecule has 3 heteroatoms. The number of aryl methyl sites for hydroxylation is 1. The summed E-state index contributed by atoms with van der Waals surface area (Å²) in [6.07, 6.45) is 3.02. The van der Waals surface area contributed by atoms with Crippen LogP contribution in [0.4, 0.5) is 0 Å². The van der Waals surface area contributed by atoms with Crippen LogP contribution in [0.25, 0.3) is 0 Å². The van der Waals surface area contributed by atoms with Crippen molar-refractivity contribution in [1.29, 1.82) is 0 Å². The Hall–Kier alpha value is -1.35. The first-order chi connectivity index (χ1) is 9.19. The monoisotopic (exact) mass is 261 g/mol. The van der Waals surface area contributed by atoms with E-state index in [9.17, 15) is 4.79 Å². The largest absolute Gasteiger partial charge is 0.461 e. The molecule has 19 heavy (non-hydrogen) atoms. The maximum atomic E-state index is 11.5. The third-order valence-corrected chi connectivity index (χ3v) is 3.42. The zero-order valence-electron chi connectivity index (χ0n) is 11.8. The Morgan fingerprint density at radius 3 is 2.53 bits per heavy atom. The van der Waals surface area contributed by atoms with Crippen molar-refractivity contribution < 1.29 is 9.53 Å². The van der Waals surface area contributed by atoms with E-state index in [-0.39, 0.29) is 18.0 Å². The number of hydrogen-bond acceptors (Lipinski definition) is 3. The van der Waals surface area contributed by atoms with Crippen LogP contribution in [0, 0.1) is 5.92 Å². The van der Waals surface area contributed by atoms with Crippen molar-refractivity contribution in [2.75, 3.05) is 6.54 Å². The number of hydrogen-bond donors (Lipinski definition) is 1. The lowest BCUT2D eigenvalue weighted by Gasteiger charge is -2.14. The second-order valence-corrected chi connectivity index (χ2v) is 5.32. The molecule has 1 aromatic rings. The minimum atomic E-state index is -0.0528. The molecule has 0 aromatic heterocycles. The highest BCUT2D eigenvalue weighted by Crippen LogP contribution is 2.30. The van der Waals surface area contributed by atoms with E-state index in [1.807, 2.05) is 6.92 Å². The van der Waals surface area contributed by atoms with E-state index >= 15 is 0 Å². The Kier molecular flexibility index (Phi) is 4.97. The van der Waals surface area contributed by atoms with E-state index in [0.717, 1.165) is 25.8 Å². The van der Waals surface area contributed by atoms with E-state index in [4.69, 9.17) is 4.74 Å². The molecule has 2 rings (SSSR count). The summed E-state index contributed by atoms with van der Waals surface area (Å²) in [4.78, 5) is 11.5. The number of ether oxygens (including phenoxy) is 1. The first kappa shape index (κ1) is 14.1. The van der Waals surface area contributed by atoms with Crippen molar-refractivity contribution in [2.45, 2.75) is 45.8 Å². The molecule has 0 radical (unpaired) electrons. The summed E-state index contributed by atoms with van der Waals surface area (Å²) < 4.78 is 5.35. The van der Waals surface area contributed by atoms with Crippen LogP contribution < -0.4 is 5.32 Å². The normalized spacial score (nSPS) is 16.1. The van der Waals surface area contributed by atoms with Crippen LogP contribution >= 0.6 is 0 Å². The number of nitrogens with one attached hydrogen (secondary N) is 1. The number of carbonyl (C=O) groups is 1. The van der Waals surface area contributed by atoms with E-state index in [0.29, 0.717) is 6.54 Å². The van der Waals surface area contributed by atoms with Gasteiger partial charge >= 0.3 is 5.97 Å². The van der Waals surface area contributed by atoms with Gasteiger partial charge in [0.15, 0.2) is 0 Å².